The molecular formula is C13H23N3O. The van der Waals surface area contributed by atoms with E-state index in [1.807, 2.05) is 32.2 Å². The highest BCUT2D eigenvalue weighted by Gasteiger charge is 2.04. The molecule has 0 atom stereocenters. The van der Waals surface area contributed by atoms with Gasteiger partial charge in [-0.05, 0) is 13.0 Å². The highest BCUT2D eigenvalue weighted by molar-refractivity contribution is 5.39. The molecule has 0 unspecified atom stereocenters. The van der Waals surface area contributed by atoms with Crippen molar-refractivity contribution in [3.05, 3.63) is 18.2 Å². The highest BCUT2D eigenvalue weighted by Crippen LogP contribution is 2.14. The Labute approximate surface area is 104 Å². The van der Waals surface area contributed by atoms with Crippen molar-refractivity contribution in [1.29, 1.82) is 0 Å². The molecular weight excluding hydrogens is 214 g/mol. The van der Waals surface area contributed by atoms with Gasteiger partial charge in [0.1, 0.15) is 5.82 Å². The van der Waals surface area contributed by atoms with Crippen LogP contribution in [-0.4, -0.2) is 37.8 Å². The second kappa shape index (κ2) is 7.12. The van der Waals surface area contributed by atoms with Crippen LogP contribution in [0.15, 0.2) is 18.2 Å². The molecule has 0 aliphatic carbocycles. The van der Waals surface area contributed by atoms with E-state index in [-0.39, 0.29) is 0 Å². The number of ether oxygens (including phenoxy) is 1. The molecule has 1 rings (SSSR count). The summed E-state index contributed by atoms with van der Waals surface area (Å²) in [4.78, 5) is 6.56. The number of hydrogen-bond donors (Lipinski definition) is 1. The smallest absolute Gasteiger partial charge is 0.215 e. The Morgan fingerprint density at radius 1 is 1.41 bits per heavy atom. The molecule has 0 saturated heterocycles. The average Bonchev–Trinajstić information content (AvgIpc) is 2.29. The van der Waals surface area contributed by atoms with Crippen LogP contribution in [0.1, 0.15) is 20.8 Å². The standard InChI is InChI=1S/C13H23N3O/c1-5-17-13-8-6-7-12(15-13)16(4)10-9-14-11(2)3/h6-8,11,14H,5,9-10H2,1-4H3. The molecule has 1 N–H and O–H groups in total. The van der Waals surface area contributed by atoms with Gasteiger partial charge in [-0.3, -0.25) is 0 Å². The monoisotopic (exact) mass is 237 g/mol. The predicted octanol–water partition coefficient (Wildman–Crippen LogP) is 1.91. The molecule has 0 radical (unpaired) electrons. The van der Waals surface area contributed by atoms with Gasteiger partial charge >= 0.3 is 0 Å². The molecule has 1 heterocycles. The summed E-state index contributed by atoms with van der Waals surface area (Å²) in [6.07, 6.45) is 0. The van der Waals surface area contributed by atoms with E-state index >= 15 is 0 Å². The molecule has 1 aromatic heterocycles. The van der Waals surface area contributed by atoms with Crippen LogP contribution in [0.5, 0.6) is 5.88 Å². The van der Waals surface area contributed by atoms with E-state index < -0.39 is 0 Å². The molecule has 17 heavy (non-hydrogen) atoms. The van der Waals surface area contributed by atoms with Gasteiger partial charge in [0.2, 0.25) is 5.88 Å². The summed E-state index contributed by atoms with van der Waals surface area (Å²) in [5, 5.41) is 3.39. The van der Waals surface area contributed by atoms with Gasteiger partial charge in [0.25, 0.3) is 0 Å². The normalized spacial score (nSPS) is 10.6. The first-order chi connectivity index (χ1) is 8.13. The van der Waals surface area contributed by atoms with Crippen LogP contribution >= 0.6 is 0 Å². The quantitative estimate of drug-likeness (QED) is 0.786. The predicted molar refractivity (Wildman–Crippen MR) is 71.8 cm³/mol. The van der Waals surface area contributed by atoms with Crippen LogP contribution in [0.3, 0.4) is 0 Å². The second-order valence-corrected chi connectivity index (χ2v) is 4.30. The van der Waals surface area contributed by atoms with Crippen LogP contribution < -0.4 is 15.0 Å². The summed E-state index contributed by atoms with van der Waals surface area (Å²) in [7, 11) is 2.04. The van der Waals surface area contributed by atoms with E-state index in [0.717, 1.165) is 18.9 Å². The Bertz CT molecular complexity index is 328. The molecule has 0 fully saturated rings. The largest absolute Gasteiger partial charge is 0.478 e. The number of nitrogens with zero attached hydrogens (tertiary/aromatic N) is 2. The summed E-state index contributed by atoms with van der Waals surface area (Å²) >= 11 is 0. The lowest BCUT2D eigenvalue weighted by Crippen LogP contribution is -2.33. The molecule has 0 aliphatic heterocycles. The Balaban J connectivity index is 2.50. The minimum absolute atomic E-state index is 0.520. The molecule has 0 spiro atoms. The number of hydrogen-bond acceptors (Lipinski definition) is 4. The first-order valence-corrected chi connectivity index (χ1v) is 6.18. The lowest BCUT2D eigenvalue weighted by molar-refractivity contribution is 0.327. The van der Waals surface area contributed by atoms with Gasteiger partial charge in [0.05, 0.1) is 6.61 Å². The number of anilines is 1. The number of likely N-dealkylation sites (N-methyl/N-ethyl adjacent to an activating group) is 1. The Morgan fingerprint density at radius 3 is 2.82 bits per heavy atom. The average molecular weight is 237 g/mol. The maximum atomic E-state index is 5.39. The SMILES string of the molecule is CCOc1cccc(N(C)CCNC(C)C)n1. The van der Waals surface area contributed by atoms with Crippen LogP contribution in [0.2, 0.25) is 0 Å². The van der Waals surface area contributed by atoms with Gasteiger partial charge in [0.15, 0.2) is 0 Å². The molecule has 0 saturated carbocycles. The minimum atomic E-state index is 0.520. The fraction of sp³-hybridized carbons (Fsp3) is 0.615. The second-order valence-electron chi connectivity index (χ2n) is 4.30. The minimum Gasteiger partial charge on any atom is -0.478 e. The maximum absolute atomic E-state index is 5.39. The van der Waals surface area contributed by atoms with Crippen LogP contribution in [0.4, 0.5) is 5.82 Å². The van der Waals surface area contributed by atoms with Gasteiger partial charge in [-0.15, -0.1) is 0 Å². The molecule has 0 aliphatic rings. The van der Waals surface area contributed by atoms with E-state index in [9.17, 15) is 0 Å². The summed E-state index contributed by atoms with van der Waals surface area (Å²) < 4.78 is 5.39. The van der Waals surface area contributed by atoms with Crippen molar-refractivity contribution in [2.75, 3.05) is 31.6 Å². The van der Waals surface area contributed by atoms with Crippen molar-refractivity contribution in [3.8, 4) is 5.88 Å². The fourth-order valence-corrected chi connectivity index (χ4v) is 1.48. The lowest BCUT2D eigenvalue weighted by Gasteiger charge is -2.19. The van der Waals surface area contributed by atoms with E-state index in [4.69, 9.17) is 4.74 Å². The fourth-order valence-electron chi connectivity index (χ4n) is 1.48. The van der Waals surface area contributed by atoms with Crippen LogP contribution in [0, 0.1) is 0 Å². The molecule has 0 aromatic carbocycles. The topological polar surface area (TPSA) is 37.4 Å². The number of pyridine rings is 1. The van der Waals surface area contributed by atoms with Gasteiger partial charge < -0.3 is 15.0 Å². The Kier molecular flexibility index (Phi) is 5.77. The van der Waals surface area contributed by atoms with Crippen molar-refractivity contribution in [2.24, 2.45) is 0 Å². The number of nitrogens with one attached hydrogen (secondary N) is 1. The van der Waals surface area contributed by atoms with Crippen molar-refractivity contribution in [1.82, 2.24) is 10.3 Å². The van der Waals surface area contributed by atoms with Gasteiger partial charge in [-0.25, -0.2) is 0 Å². The number of rotatable bonds is 7. The van der Waals surface area contributed by atoms with Gasteiger partial charge in [0, 0.05) is 32.2 Å². The highest BCUT2D eigenvalue weighted by atomic mass is 16.5. The van der Waals surface area contributed by atoms with Crippen molar-refractivity contribution < 1.29 is 4.74 Å². The number of aromatic nitrogens is 1. The first kappa shape index (κ1) is 13.8. The first-order valence-electron chi connectivity index (χ1n) is 6.18. The Hall–Kier alpha value is -1.29. The van der Waals surface area contributed by atoms with E-state index in [1.165, 1.54) is 0 Å². The van der Waals surface area contributed by atoms with E-state index in [0.29, 0.717) is 18.5 Å². The molecule has 96 valence electrons. The summed E-state index contributed by atoms with van der Waals surface area (Å²) in [6.45, 7) is 8.79. The summed E-state index contributed by atoms with van der Waals surface area (Å²) in [6, 6.07) is 6.37. The Morgan fingerprint density at radius 2 is 2.18 bits per heavy atom. The zero-order valence-corrected chi connectivity index (χ0v) is 11.2. The summed E-state index contributed by atoms with van der Waals surface area (Å²) in [5.74, 6) is 1.63. The third-order valence-corrected chi connectivity index (χ3v) is 2.39. The molecule has 4 nitrogen and oxygen atoms in total. The van der Waals surface area contributed by atoms with Crippen LogP contribution in [-0.2, 0) is 0 Å². The van der Waals surface area contributed by atoms with E-state index in [1.54, 1.807) is 0 Å². The van der Waals surface area contributed by atoms with Crippen molar-refractivity contribution >= 4 is 5.82 Å². The van der Waals surface area contributed by atoms with Crippen LogP contribution in [0.25, 0.3) is 0 Å². The third-order valence-electron chi connectivity index (χ3n) is 2.39. The zero-order valence-electron chi connectivity index (χ0n) is 11.2. The zero-order chi connectivity index (χ0) is 12.7. The molecule has 4 heteroatoms. The lowest BCUT2D eigenvalue weighted by atomic mass is 10.4. The van der Waals surface area contributed by atoms with Gasteiger partial charge in [-0.2, -0.15) is 4.98 Å². The third kappa shape index (κ3) is 5.04. The van der Waals surface area contributed by atoms with Crippen molar-refractivity contribution in [2.45, 2.75) is 26.8 Å². The molecule has 0 amide bonds. The van der Waals surface area contributed by atoms with Gasteiger partial charge in [-0.1, -0.05) is 19.9 Å². The molecule has 0 bridgehead atoms. The van der Waals surface area contributed by atoms with E-state index in [2.05, 4.69) is 29.0 Å². The maximum Gasteiger partial charge on any atom is 0.215 e. The molecule has 1 aromatic rings. The van der Waals surface area contributed by atoms with Crippen molar-refractivity contribution in [3.63, 3.8) is 0 Å². The summed E-state index contributed by atoms with van der Waals surface area (Å²) in [5.41, 5.74) is 0.